The summed E-state index contributed by atoms with van der Waals surface area (Å²) < 4.78 is 10.6. The van der Waals surface area contributed by atoms with Crippen LogP contribution in [0.4, 0.5) is 0 Å². The van der Waals surface area contributed by atoms with Crippen LogP contribution in [0.1, 0.15) is 0 Å². The summed E-state index contributed by atoms with van der Waals surface area (Å²) in [5.41, 5.74) is 4.57. The highest BCUT2D eigenvalue weighted by Gasteiger charge is 2.09. The molecule has 0 fully saturated rings. The molecular weight excluding hydrogens is 314 g/mol. The summed E-state index contributed by atoms with van der Waals surface area (Å²) in [6.45, 7) is 0. The SMILES string of the molecule is COc1cccc(-c2cnc3[nH]c(-c4cccc(OC)c4)nc3c2)c1. The van der Waals surface area contributed by atoms with Crippen molar-refractivity contribution in [2.45, 2.75) is 0 Å². The molecule has 0 radical (unpaired) electrons. The molecule has 2 aromatic heterocycles. The molecule has 5 nitrogen and oxygen atoms in total. The summed E-state index contributed by atoms with van der Waals surface area (Å²) >= 11 is 0. The van der Waals surface area contributed by atoms with E-state index in [4.69, 9.17) is 9.47 Å². The second kappa shape index (κ2) is 6.28. The number of H-pyrrole nitrogens is 1. The van der Waals surface area contributed by atoms with E-state index in [0.29, 0.717) is 0 Å². The number of hydrogen-bond acceptors (Lipinski definition) is 4. The van der Waals surface area contributed by atoms with Gasteiger partial charge in [0.25, 0.3) is 0 Å². The number of benzene rings is 2. The molecule has 4 rings (SSSR count). The number of aromatic amines is 1. The number of ether oxygens (including phenoxy) is 2. The Kier molecular flexibility index (Phi) is 3.82. The smallest absolute Gasteiger partial charge is 0.157 e. The summed E-state index contributed by atoms with van der Waals surface area (Å²) in [6.07, 6.45) is 1.84. The fourth-order valence-corrected chi connectivity index (χ4v) is 2.76. The Morgan fingerprint density at radius 2 is 1.48 bits per heavy atom. The van der Waals surface area contributed by atoms with E-state index in [1.54, 1.807) is 14.2 Å². The number of hydrogen-bond donors (Lipinski definition) is 1. The molecule has 1 N–H and O–H groups in total. The average molecular weight is 331 g/mol. The minimum absolute atomic E-state index is 0.754. The van der Waals surface area contributed by atoms with E-state index in [9.17, 15) is 0 Å². The fraction of sp³-hybridized carbons (Fsp3) is 0.100. The third kappa shape index (κ3) is 2.92. The van der Waals surface area contributed by atoms with Crippen molar-refractivity contribution in [1.29, 1.82) is 0 Å². The van der Waals surface area contributed by atoms with E-state index in [1.807, 2.05) is 60.8 Å². The lowest BCUT2D eigenvalue weighted by Crippen LogP contribution is -1.85. The summed E-state index contributed by atoms with van der Waals surface area (Å²) in [4.78, 5) is 12.5. The maximum Gasteiger partial charge on any atom is 0.157 e. The Balaban J connectivity index is 1.76. The van der Waals surface area contributed by atoms with Crippen molar-refractivity contribution in [2.75, 3.05) is 14.2 Å². The van der Waals surface area contributed by atoms with E-state index in [0.717, 1.165) is 45.2 Å². The summed E-state index contributed by atoms with van der Waals surface area (Å²) in [5, 5.41) is 0. The van der Waals surface area contributed by atoms with Crippen molar-refractivity contribution in [3.63, 3.8) is 0 Å². The molecule has 2 heterocycles. The standard InChI is InChI=1S/C20H17N3O2/c1-24-16-7-3-5-13(9-16)15-11-18-20(21-12-15)23-19(22-18)14-6-4-8-17(10-14)25-2/h3-12H,1-2H3,(H,21,22,23). The summed E-state index contributed by atoms with van der Waals surface area (Å²) in [5.74, 6) is 2.38. The first-order valence-electron chi connectivity index (χ1n) is 7.91. The first kappa shape index (κ1) is 15.2. The van der Waals surface area contributed by atoms with Crippen LogP contribution in [0.5, 0.6) is 11.5 Å². The van der Waals surface area contributed by atoms with Crippen LogP contribution in [-0.2, 0) is 0 Å². The number of nitrogens with one attached hydrogen (secondary N) is 1. The predicted molar refractivity (Wildman–Crippen MR) is 97.9 cm³/mol. The molecule has 0 amide bonds. The van der Waals surface area contributed by atoms with Gasteiger partial charge in [-0.05, 0) is 35.9 Å². The third-order valence-electron chi connectivity index (χ3n) is 4.08. The number of methoxy groups -OCH3 is 2. The molecule has 0 aliphatic heterocycles. The van der Waals surface area contributed by atoms with Crippen molar-refractivity contribution in [3.8, 4) is 34.0 Å². The Morgan fingerprint density at radius 3 is 2.20 bits per heavy atom. The van der Waals surface area contributed by atoms with Crippen molar-refractivity contribution >= 4 is 11.2 Å². The Morgan fingerprint density at radius 1 is 0.800 bits per heavy atom. The first-order valence-corrected chi connectivity index (χ1v) is 7.91. The second-order valence-electron chi connectivity index (χ2n) is 5.64. The van der Waals surface area contributed by atoms with Crippen LogP contribution < -0.4 is 9.47 Å². The van der Waals surface area contributed by atoms with Gasteiger partial charge >= 0.3 is 0 Å². The molecule has 2 aromatic carbocycles. The molecule has 0 bridgehead atoms. The number of pyridine rings is 1. The molecule has 0 spiro atoms. The van der Waals surface area contributed by atoms with E-state index in [1.165, 1.54) is 0 Å². The highest BCUT2D eigenvalue weighted by Crippen LogP contribution is 2.27. The molecule has 0 unspecified atom stereocenters. The minimum Gasteiger partial charge on any atom is -0.497 e. The minimum atomic E-state index is 0.754. The topological polar surface area (TPSA) is 60.0 Å². The highest BCUT2D eigenvalue weighted by molar-refractivity contribution is 5.81. The number of aromatic nitrogens is 3. The normalized spacial score (nSPS) is 10.8. The molecular formula is C20H17N3O2. The van der Waals surface area contributed by atoms with Gasteiger partial charge in [0.05, 0.1) is 14.2 Å². The molecule has 0 atom stereocenters. The van der Waals surface area contributed by atoms with Crippen molar-refractivity contribution < 1.29 is 9.47 Å². The molecule has 0 saturated heterocycles. The lowest BCUT2D eigenvalue weighted by Gasteiger charge is -2.04. The maximum atomic E-state index is 5.29. The Hall–Kier alpha value is -3.34. The molecule has 4 aromatic rings. The van der Waals surface area contributed by atoms with Gasteiger partial charge in [-0.2, -0.15) is 0 Å². The lowest BCUT2D eigenvalue weighted by molar-refractivity contribution is 0.415. The predicted octanol–water partition coefficient (Wildman–Crippen LogP) is 4.31. The number of fused-ring (bicyclic) bond motifs is 1. The van der Waals surface area contributed by atoms with Crippen molar-refractivity contribution in [2.24, 2.45) is 0 Å². The largest absolute Gasteiger partial charge is 0.497 e. The monoisotopic (exact) mass is 331 g/mol. The van der Waals surface area contributed by atoms with Gasteiger partial charge in [-0.3, -0.25) is 0 Å². The van der Waals surface area contributed by atoms with Crippen LogP contribution >= 0.6 is 0 Å². The fourth-order valence-electron chi connectivity index (χ4n) is 2.76. The van der Waals surface area contributed by atoms with Crippen LogP contribution in [0.3, 0.4) is 0 Å². The van der Waals surface area contributed by atoms with E-state index in [-0.39, 0.29) is 0 Å². The van der Waals surface area contributed by atoms with Gasteiger partial charge < -0.3 is 14.5 Å². The average Bonchev–Trinajstić information content (AvgIpc) is 3.11. The van der Waals surface area contributed by atoms with Crippen molar-refractivity contribution in [1.82, 2.24) is 15.0 Å². The van der Waals surface area contributed by atoms with Crippen LogP contribution in [-0.4, -0.2) is 29.2 Å². The number of imidazole rings is 1. The third-order valence-corrected chi connectivity index (χ3v) is 4.08. The molecule has 0 aliphatic rings. The van der Waals surface area contributed by atoms with Gasteiger partial charge in [-0.15, -0.1) is 0 Å². The van der Waals surface area contributed by atoms with Gasteiger partial charge in [0.2, 0.25) is 0 Å². The molecule has 124 valence electrons. The molecule has 0 aliphatic carbocycles. The van der Waals surface area contributed by atoms with Gasteiger partial charge in [0.15, 0.2) is 5.65 Å². The summed E-state index contributed by atoms with van der Waals surface area (Å²) in [7, 11) is 3.31. The molecule has 5 heteroatoms. The summed E-state index contributed by atoms with van der Waals surface area (Å²) in [6, 6.07) is 17.7. The highest BCUT2D eigenvalue weighted by atomic mass is 16.5. The Bertz CT molecular complexity index is 994. The number of rotatable bonds is 4. The number of nitrogens with zero attached hydrogens (tertiary/aromatic N) is 2. The first-order chi connectivity index (χ1) is 12.3. The van der Waals surface area contributed by atoms with E-state index >= 15 is 0 Å². The van der Waals surface area contributed by atoms with Crippen LogP contribution in [0, 0.1) is 0 Å². The van der Waals surface area contributed by atoms with Gasteiger partial charge in [0.1, 0.15) is 22.8 Å². The zero-order valence-electron chi connectivity index (χ0n) is 14.0. The van der Waals surface area contributed by atoms with E-state index in [2.05, 4.69) is 15.0 Å². The van der Waals surface area contributed by atoms with Gasteiger partial charge in [0, 0.05) is 17.3 Å². The second-order valence-corrected chi connectivity index (χ2v) is 5.64. The Labute approximate surface area is 145 Å². The lowest BCUT2D eigenvalue weighted by atomic mass is 10.1. The van der Waals surface area contributed by atoms with Crippen molar-refractivity contribution in [3.05, 3.63) is 60.8 Å². The van der Waals surface area contributed by atoms with E-state index < -0.39 is 0 Å². The van der Waals surface area contributed by atoms with Gasteiger partial charge in [-0.1, -0.05) is 24.3 Å². The van der Waals surface area contributed by atoms with Crippen LogP contribution in [0.15, 0.2) is 60.8 Å². The molecule has 25 heavy (non-hydrogen) atoms. The zero-order valence-corrected chi connectivity index (χ0v) is 14.0. The van der Waals surface area contributed by atoms with Gasteiger partial charge in [-0.25, -0.2) is 9.97 Å². The van der Waals surface area contributed by atoms with Crippen LogP contribution in [0.2, 0.25) is 0 Å². The quantitative estimate of drug-likeness (QED) is 0.605. The molecule has 0 saturated carbocycles. The van der Waals surface area contributed by atoms with Crippen LogP contribution in [0.25, 0.3) is 33.7 Å². The maximum absolute atomic E-state index is 5.29. The zero-order chi connectivity index (χ0) is 17.2.